The van der Waals surface area contributed by atoms with E-state index in [2.05, 4.69) is 15.6 Å². The second-order valence-corrected chi connectivity index (χ2v) is 13.2. The number of carbonyl (C=O) groups excluding carboxylic acids is 1. The Morgan fingerprint density at radius 1 is 1.31 bits per heavy atom. The number of thiazole rings is 1. The predicted molar refractivity (Wildman–Crippen MR) is 136 cm³/mol. The highest BCUT2D eigenvalue weighted by Gasteiger charge is 2.32. The summed E-state index contributed by atoms with van der Waals surface area (Å²) in [5.41, 5.74) is -0.512. The molecule has 1 saturated carbocycles. The molecule has 196 valence electrons. The Hall–Kier alpha value is -2.12. The molecular weight excluding hydrogens is 529 g/mol. The van der Waals surface area contributed by atoms with Crippen LogP contribution >= 0.6 is 19.2 Å². The first-order valence-corrected chi connectivity index (χ1v) is 15.0. The fourth-order valence-corrected chi connectivity index (χ4v) is 6.35. The van der Waals surface area contributed by atoms with Gasteiger partial charge in [0, 0.05) is 24.6 Å². The number of hydrogen-bond acceptors (Lipinski definition) is 9. The minimum absolute atomic E-state index is 0.000523. The molecule has 2 atom stereocenters. The lowest BCUT2D eigenvalue weighted by Crippen LogP contribution is -2.44. The molecule has 2 aromatic rings. The molecule has 2 aliphatic rings. The van der Waals surface area contributed by atoms with Crippen LogP contribution in [0.1, 0.15) is 33.6 Å². The van der Waals surface area contributed by atoms with Crippen molar-refractivity contribution in [2.75, 3.05) is 11.9 Å². The maximum Gasteiger partial charge on any atom is 0.470 e. The number of nitrogens with zero attached hydrogens (tertiary/aromatic N) is 1. The van der Waals surface area contributed by atoms with Crippen molar-refractivity contribution < 1.29 is 36.3 Å². The molecule has 0 radical (unpaired) electrons. The quantitative estimate of drug-likeness (QED) is 0.252. The number of aromatic nitrogens is 1. The van der Waals surface area contributed by atoms with Crippen molar-refractivity contribution in [3.63, 3.8) is 0 Å². The standard InChI is InChI=1S/C22H28N3O8PS2/c1-13-10-16(7-9-17(13)23-12-22(2,3)33-34(27,28)29)36(30,31)32-15-6-8-18-19(11-15)35-21(24-18)25-20(26)14-4-5-14/h6-11,13-14,17,23H,4-5,12H2,1-3H3,(H,24,25,26)(H2,27,28,29). The van der Waals surface area contributed by atoms with Gasteiger partial charge in [-0.1, -0.05) is 30.4 Å². The van der Waals surface area contributed by atoms with Gasteiger partial charge in [-0.25, -0.2) is 9.55 Å². The summed E-state index contributed by atoms with van der Waals surface area (Å²) in [5.74, 6) is -0.126. The van der Waals surface area contributed by atoms with Crippen LogP contribution in [-0.4, -0.2) is 47.3 Å². The van der Waals surface area contributed by atoms with Crippen LogP contribution in [0.5, 0.6) is 5.75 Å². The molecule has 1 aromatic heterocycles. The number of phosphoric ester groups is 1. The van der Waals surface area contributed by atoms with Gasteiger partial charge in [0.05, 0.1) is 15.8 Å². The molecule has 1 amide bonds. The maximum absolute atomic E-state index is 12.9. The SMILES string of the molecule is CC1C=C(S(=O)(=O)Oc2ccc3nc(NC(=O)C4CC4)sc3c2)C=CC1NCC(C)(C)OP(=O)(O)O. The molecular formula is C22H28N3O8PS2. The smallest absolute Gasteiger partial charge is 0.379 e. The van der Waals surface area contributed by atoms with Crippen LogP contribution in [0.15, 0.2) is 41.3 Å². The first-order valence-electron chi connectivity index (χ1n) is 11.3. The summed E-state index contributed by atoms with van der Waals surface area (Å²) in [6, 6.07) is 4.44. The lowest BCUT2D eigenvalue weighted by molar-refractivity contribution is -0.117. The van der Waals surface area contributed by atoms with E-state index in [-0.39, 0.29) is 41.0 Å². The average Bonchev–Trinajstić information content (AvgIpc) is 3.52. The molecule has 2 aliphatic carbocycles. The number of allylic oxidation sites excluding steroid dienone is 1. The van der Waals surface area contributed by atoms with Crippen LogP contribution in [0.25, 0.3) is 10.2 Å². The highest BCUT2D eigenvalue weighted by molar-refractivity contribution is 7.91. The minimum atomic E-state index is -4.65. The lowest BCUT2D eigenvalue weighted by atomic mass is 9.96. The molecule has 4 N–H and O–H groups in total. The second kappa shape index (κ2) is 9.97. The molecule has 1 fully saturated rings. The van der Waals surface area contributed by atoms with Crippen molar-refractivity contribution in [3.8, 4) is 5.75 Å². The second-order valence-electron chi connectivity index (χ2n) is 9.49. The van der Waals surface area contributed by atoms with Crippen molar-refractivity contribution in [1.29, 1.82) is 0 Å². The maximum atomic E-state index is 12.9. The van der Waals surface area contributed by atoms with Crippen LogP contribution in [0.3, 0.4) is 0 Å². The molecule has 1 heterocycles. The van der Waals surface area contributed by atoms with E-state index in [0.717, 1.165) is 12.8 Å². The monoisotopic (exact) mass is 557 g/mol. The fraction of sp³-hybridized carbons (Fsp3) is 0.455. The van der Waals surface area contributed by atoms with Crippen LogP contribution in [0.2, 0.25) is 0 Å². The first kappa shape index (κ1) is 26.9. The van der Waals surface area contributed by atoms with Gasteiger partial charge in [0.15, 0.2) is 5.13 Å². The Labute approximate surface area is 213 Å². The molecule has 36 heavy (non-hydrogen) atoms. The molecule has 0 aliphatic heterocycles. The Balaban J connectivity index is 1.39. The number of hydrogen-bond donors (Lipinski definition) is 4. The summed E-state index contributed by atoms with van der Waals surface area (Å²) in [6.45, 7) is 5.02. The topological polar surface area (TPSA) is 164 Å². The van der Waals surface area contributed by atoms with Gasteiger partial charge >= 0.3 is 17.9 Å². The Bertz CT molecular complexity index is 1370. The molecule has 14 heteroatoms. The Morgan fingerprint density at radius 2 is 2.03 bits per heavy atom. The Kier molecular flexibility index (Phi) is 7.46. The number of nitrogens with one attached hydrogen (secondary N) is 2. The third-order valence-corrected chi connectivity index (χ3v) is 8.55. The number of amides is 1. The molecule has 2 unspecified atom stereocenters. The van der Waals surface area contributed by atoms with E-state index in [1.54, 1.807) is 38.1 Å². The van der Waals surface area contributed by atoms with Gasteiger partial charge in [0.2, 0.25) is 5.91 Å². The van der Waals surface area contributed by atoms with E-state index in [4.69, 9.17) is 18.5 Å². The molecule has 1 aromatic carbocycles. The lowest BCUT2D eigenvalue weighted by Gasteiger charge is -2.30. The van der Waals surface area contributed by atoms with Gasteiger partial charge in [0.25, 0.3) is 0 Å². The molecule has 0 bridgehead atoms. The van der Waals surface area contributed by atoms with Gasteiger partial charge in [0.1, 0.15) is 10.7 Å². The van der Waals surface area contributed by atoms with Gasteiger partial charge in [-0.2, -0.15) is 8.42 Å². The van der Waals surface area contributed by atoms with E-state index in [9.17, 15) is 17.8 Å². The van der Waals surface area contributed by atoms with Gasteiger partial charge < -0.3 is 24.6 Å². The summed E-state index contributed by atoms with van der Waals surface area (Å²) >= 11 is 1.24. The molecule has 0 spiro atoms. The summed E-state index contributed by atoms with van der Waals surface area (Å²) < 4.78 is 47.8. The van der Waals surface area contributed by atoms with E-state index in [1.165, 1.54) is 23.5 Å². The van der Waals surface area contributed by atoms with Crippen LogP contribution < -0.4 is 14.8 Å². The predicted octanol–water partition coefficient (Wildman–Crippen LogP) is 3.29. The highest BCUT2D eigenvalue weighted by Crippen LogP contribution is 2.41. The van der Waals surface area contributed by atoms with Crippen molar-refractivity contribution in [2.24, 2.45) is 11.8 Å². The number of rotatable bonds is 10. The summed E-state index contributed by atoms with van der Waals surface area (Å²) in [4.78, 5) is 34.4. The average molecular weight is 558 g/mol. The zero-order valence-electron chi connectivity index (χ0n) is 19.9. The fourth-order valence-electron chi connectivity index (χ4n) is 3.67. The Morgan fingerprint density at radius 3 is 2.67 bits per heavy atom. The largest absolute Gasteiger partial charge is 0.470 e. The van der Waals surface area contributed by atoms with Crippen molar-refractivity contribution in [2.45, 2.75) is 45.3 Å². The van der Waals surface area contributed by atoms with Gasteiger partial charge in [-0.3, -0.25) is 9.32 Å². The summed E-state index contributed by atoms with van der Waals surface area (Å²) in [6.07, 6.45) is 6.42. The minimum Gasteiger partial charge on any atom is -0.379 e. The van der Waals surface area contributed by atoms with Crippen LogP contribution in [0, 0.1) is 11.8 Å². The summed E-state index contributed by atoms with van der Waals surface area (Å²) in [5, 5.41) is 6.38. The molecule has 0 saturated heterocycles. The van der Waals surface area contributed by atoms with Crippen molar-refractivity contribution in [3.05, 3.63) is 41.3 Å². The van der Waals surface area contributed by atoms with E-state index in [1.807, 2.05) is 6.92 Å². The normalized spacial score (nSPS) is 20.9. The number of benzene rings is 1. The van der Waals surface area contributed by atoms with Crippen molar-refractivity contribution in [1.82, 2.24) is 10.3 Å². The van der Waals surface area contributed by atoms with Crippen LogP contribution in [0.4, 0.5) is 5.13 Å². The molecule has 11 nitrogen and oxygen atoms in total. The van der Waals surface area contributed by atoms with E-state index in [0.29, 0.717) is 15.3 Å². The summed E-state index contributed by atoms with van der Waals surface area (Å²) in [7, 11) is -8.76. The number of carbonyl (C=O) groups is 1. The highest BCUT2D eigenvalue weighted by atomic mass is 32.2. The third kappa shape index (κ3) is 7.00. The van der Waals surface area contributed by atoms with Crippen molar-refractivity contribution >= 4 is 50.5 Å². The number of anilines is 1. The van der Waals surface area contributed by atoms with Gasteiger partial charge in [-0.15, -0.1) is 0 Å². The first-order chi connectivity index (χ1) is 16.7. The number of phosphoric acid groups is 1. The van der Waals surface area contributed by atoms with E-state index < -0.39 is 23.5 Å². The zero-order valence-corrected chi connectivity index (χ0v) is 22.4. The number of fused-ring (bicyclic) bond motifs is 1. The van der Waals surface area contributed by atoms with Gasteiger partial charge in [-0.05, 0) is 50.8 Å². The van der Waals surface area contributed by atoms with E-state index >= 15 is 0 Å². The van der Waals surface area contributed by atoms with Crippen LogP contribution in [-0.2, 0) is 24.0 Å². The zero-order chi connectivity index (χ0) is 26.3. The molecule has 4 rings (SSSR count). The third-order valence-electron chi connectivity index (χ3n) is 5.62.